The zero-order valence-electron chi connectivity index (χ0n) is 10.6. The number of benzene rings is 1. The van der Waals surface area contributed by atoms with Crippen LogP contribution in [0.4, 0.5) is 0 Å². The summed E-state index contributed by atoms with van der Waals surface area (Å²) in [4.78, 5) is 11.9. The van der Waals surface area contributed by atoms with Crippen LogP contribution in [0.5, 0.6) is 0 Å². The van der Waals surface area contributed by atoms with E-state index in [1.165, 1.54) is 0 Å². The molecule has 0 aliphatic carbocycles. The molecule has 8 heteroatoms. The Morgan fingerprint density at radius 1 is 1.35 bits per heavy atom. The summed E-state index contributed by atoms with van der Waals surface area (Å²) in [5.41, 5.74) is 2.14. The van der Waals surface area contributed by atoms with Crippen LogP contribution in [0.2, 0.25) is 0 Å². The van der Waals surface area contributed by atoms with Crippen molar-refractivity contribution in [3.8, 4) is 0 Å². The molecule has 1 atom stereocenters. The third-order valence-electron chi connectivity index (χ3n) is 3.39. The van der Waals surface area contributed by atoms with Crippen molar-refractivity contribution in [3.63, 3.8) is 0 Å². The van der Waals surface area contributed by atoms with Gasteiger partial charge < -0.3 is 5.32 Å². The fraction of sp³-hybridized carbons (Fsp3) is 0.417. The topological polar surface area (TPSA) is 102 Å². The number of fused-ring (bicyclic) bond motifs is 1. The largest absolute Gasteiger partial charge is 0.352 e. The van der Waals surface area contributed by atoms with Gasteiger partial charge in [-0.1, -0.05) is 6.07 Å². The minimum Gasteiger partial charge on any atom is -0.352 e. The number of nitrogens with one attached hydrogen (secondary N) is 1. The Hall–Kier alpha value is -1.96. The zero-order valence-corrected chi connectivity index (χ0v) is 11.4. The lowest BCUT2D eigenvalue weighted by Gasteiger charge is -2.09. The van der Waals surface area contributed by atoms with Crippen LogP contribution in [0.1, 0.15) is 12.0 Å². The lowest BCUT2D eigenvalue weighted by Crippen LogP contribution is -2.30. The normalized spacial score (nSPS) is 21.1. The lowest BCUT2D eigenvalue weighted by atomic mass is 10.1. The summed E-state index contributed by atoms with van der Waals surface area (Å²) in [6, 6.07) is 5.35. The molecule has 1 amide bonds. The quantitative estimate of drug-likeness (QED) is 0.872. The first-order valence-electron chi connectivity index (χ1n) is 6.23. The van der Waals surface area contributed by atoms with E-state index in [1.54, 1.807) is 12.1 Å². The number of hydrogen-bond acceptors (Lipinski definition) is 6. The third kappa shape index (κ3) is 2.64. The van der Waals surface area contributed by atoms with E-state index in [2.05, 4.69) is 20.3 Å². The first-order valence-corrected chi connectivity index (χ1v) is 8.05. The van der Waals surface area contributed by atoms with Crippen molar-refractivity contribution in [2.75, 3.05) is 11.5 Å². The van der Waals surface area contributed by atoms with Crippen LogP contribution in [-0.4, -0.2) is 36.1 Å². The Morgan fingerprint density at radius 2 is 2.15 bits per heavy atom. The number of nitrogens with zero attached hydrogens (tertiary/aromatic N) is 2. The zero-order chi connectivity index (χ0) is 14.2. The van der Waals surface area contributed by atoms with Crippen LogP contribution in [0.3, 0.4) is 0 Å². The molecule has 106 valence electrons. The van der Waals surface area contributed by atoms with Crippen molar-refractivity contribution in [2.45, 2.75) is 13.0 Å². The first-order chi connectivity index (χ1) is 9.53. The molecular weight excluding hydrogens is 282 g/mol. The van der Waals surface area contributed by atoms with Gasteiger partial charge in [-0.15, -0.1) is 0 Å². The highest BCUT2D eigenvalue weighted by Gasteiger charge is 2.32. The van der Waals surface area contributed by atoms with E-state index in [4.69, 9.17) is 0 Å². The fourth-order valence-electron chi connectivity index (χ4n) is 2.27. The summed E-state index contributed by atoms with van der Waals surface area (Å²) >= 11 is 0. The summed E-state index contributed by atoms with van der Waals surface area (Å²) < 4.78 is 27.3. The SMILES string of the molecule is O=C(NCc1ccc2nonc2c1)[C@@H]1CCS(=O)(=O)C1. The van der Waals surface area contributed by atoms with Crippen LogP contribution in [-0.2, 0) is 21.2 Å². The van der Waals surface area contributed by atoms with Crippen LogP contribution in [0.15, 0.2) is 22.8 Å². The van der Waals surface area contributed by atoms with Gasteiger partial charge in [-0.05, 0) is 34.4 Å². The van der Waals surface area contributed by atoms with E-state index in [0.29, 0.717) is 24.0 Å². The van der Waals surface area contributed by atoms with Gasteiger partial charge >= 0.3 is 0 Å². The Morgan fingerprint density at radius 3 is 2.90 bits per heavy atom. The molecule has 2 heterocycles. The summed E-state index contributed by atoms with van der Waals surface area (Å²) in [6.07, 6.45) is 0.403. The molecule has 0 bridgehead atoms. The van der Waals surface area contributed by atoms with Crippen LogP contribution in [0.25, 0.3) is 11.0 Å². The molecule has 0 spiro atoms. The molecule has 0 saturated carbocycles. The number of hydrogen-bond donors (Lipinski definition) is 1. The molecule has 1 saturated heterocycles. The predicted octanol–water partition coefficient (Wildman–Crippen LogP) is 0.274. The molecule has 1 aliphatic heterocycles. The Bertz CT molecular complexity index is 753. The molecule has 1 aromatic heterocycles. The monoisotopic (exact) mass is 295 g/mol. The molecule has 7 nitrogen and oxygen atoms in total. The number of carbonyl (C=O) groups is 1. The minimum absolute atomic E-state index is 0.0505. The Kier molecular flexibility index (Phi) is 3.17. The van der Waals surface area contributed by atoms with Gasteiger partial charge in [-0.2, -0.15) is 0 Å². The summed E-state index contributed by atoms with van der Waals surface area (Å²) in [6.45, 7) is 0.332. The minimum atomic E-state index is -3.04. The van der Waals surface area contributed by atoms with Crippen molar-refractivity contribution in [3.05, 3.63) is 23.8 Å². The predicted molar refractivity (Wildman–Crippen MR) is 70.4 cm³/mol. The van der Waals surface area contributed by atoms with E-state index in [1.807, 2.05) is 6.07 Å². The van der Waals surface area contributed by atoms with E-state index in [-0.39, 0.29) is 17.4 Å². The van der Waals surface area contributed by atoms with E-state index in [0.717, 1.165) is 5.56 Å². The second kappa shape index (κ2) is 4.86. The molecule has 1 N–H and O–H groups in total. The number of amides is 1. The number of sulfone groups is 1. The fourth-order valence-corrected chi connectivity index (χ4v) is 4.01. The second-order valence-corrected chi connectivity index (χ2v) is 7.13. The van der Waals surface area contributed by atoms with Crippen molar-refractivity contribution >= 4 is 26.8 Å². The molecule has 1 aliphatic rings. The average molecular weight is 295 g/mol. The highest BCUT2D eigenvalue weighted by molar-refractivity contribution is 7.91. The molecule has 3 rings (SSSR count). The number of aromatic nitrogens is 2. The molecule has 1 fully saturated rings. The lowest BCUT2D eigenvalue weighted by molar-refractivity contribution is -0.124. The Balaban J connectivity index is 1.63. The van der Waals surface area contributed by atoms with E-state index < -0.39 is 15.8 Å². The summed E-state index contributed by atoms with van der Waals surface area (Å²) in [5, 5.41) is 10.2. The highest BCUT2D eigenvalue weighted by Crippen LogP contribution is 2.18. The smallest absolute Gasteiger partial charge is 0.224 e. The van der Waals surface area contributed by atoms with Crippen molar-refractivity contribution in [1.82, 2.24) is 15.6 Å². The second-order valence-electron chi connectivity index (χ2n) is 4.91. The molecule has 0 unspecified atom stereocenters. The number of rotatable bonds is 3. The van der Waals surface area contributed by atoms with Crippen molar-refractivity contribution in [1.29, 1.82) is 0 Å². The van der Waals surface area contributed by atoms with E-state index >= 15 is 0 Å². The summed E-state index contributed by atoms with van der Waals surface area (Å²) in [5.74, 6) is -0.603. The Labute approximate surface area is 115 Å². The molecule has 20 heavy (non-hydrogen) atoms. The van der Waals surface area contributed by atoms with Gasteiger partial charge in [-0.25, -0.2) is 13.0 Å². The molecule has 1 aromatic carbocycles. The van der Waals surface area contributed by atoms with Gasteiger partial charge in [0.2, 0.25) is 5.91 Å². The molecule has 0 radical (unpaired) electrons. The van der Waals surface area contributed by atoms with Gasteiger partial charge in [0.15, 0.2) is 9.84 Å². The highest BCUT2D eigenvalue weighted by atomic mass is 32.2. The van der Waals surface area contributed by atoms with Crippen molar-refractivity contribution in [2.24, 2.45) is 5.92 Å². The third-order valence-corrected chi connectivity index (χ3v) is 5.16. The van der Waals surface area contributed by atoms with Gasteiger partial charge in [0.1, 0.15) is 11.0 Å². The van der Waals surface area contributed by atoms with Crippen LogP contribution >= 0.6 is 0 Å². The van der Waals surface area contributed by atoms with Gasteiger partial charge in [0.25, 0.3) is 0 Å². The summed E-state index contributed by atoms with van der Waals surface area (Å²) in [7, 11) is -3.04. The maximum Gasteiger partial charge on any atom is 0.224 e. The van der Waals surface area contributed by atoms with Gasteiger partial charge in [0, 0.05) is 6.54 Å². The van der Waals surface area contributed by atoms with Crippen LogP contribution < -0.4 is 5.32 Å². The van der Waals surface area contributed by atoms with Crippen LogP contribution in [0, 0.1) is 5.92 Å². The molecular formula is C12H13N3O4S. The maximum atomic E-state index is 11.9. The van der Waals surface area contributed by atoms with E-state index in [9.17, 15) is 13.2 Å². The maximum absolute atomic E-state index is 11.9. The average Bonchev–Trinajstić information content (AvgIpc) is 3.01. The van der Waals surface area contributed by atoms with Gasteiger partial charge in [0.05, 0.1) is 17.4 Å². The van der Waals surface area contributed by atoms with Crippen molar-refractivity contribution < 1.29 is 17.8 Å². The molecule has 2 aromatic rings. The van der Waals surface area contributed by atoms with Gasteiger partial charge in [-0.3, -0.25) is 4.79 Å². The first kappa shape index (κ1) is 13.0. The standard InChI is InChI=1S/C12H13N3O4S/c16-12(9-3-4-20(17,18)7-9)13-6-8-1-2-10-11(5-8)15-19-14-10/h1-2,5,9H,3-4,6-7H2,(H,13,16)/t9-/m1/s1. The number of carbonyl (C=O) groups excluding carboxylic acids is 1.